The lowest BCUT2D eigenvalue weighted by atomic mass is 10.1. The molecule has 0 atom stereocenters. The van der Waals surface area contributed by atoms with E-state index in [0.717, 1.165) is 23.5 Å². The molecule has 2 aromatic rings. The summed E-state index contributed by atoms with van der Waals surface area (Å²) in [7, 11) is 0. The van der Waals surface area contributed by atoms with Gasteiger partial charge >= 0.3 is 0 Å². The van der Waals surface area contributed by atoms with Crippen molar-refractivity contribution in [2.24, 2.45) is 0 Å². The molecule has 0 aliphatic heterocycles. The SMILES string of the molecule is CCc1ccc(Nc2nc(C)c(C)nc2Cl)cc1. The van der Waals surface area contributed by atoms with E-state index in [-0.39, 0.29) is 0 Å². The second-order valence-electron chi connectivity index (χ2n) is 4.21. The Morgan fingerprint density at radius 3 is 2.28 bits per heavy atom. The number of benzene rings is 1. The van der Waals surface area contributed by atoms with E-state index in [1.54, 1.807) is 0 Å². The van der Waals surface area contributed by atoms with Gasteiger partial charge in [0.2, 0.25) is 0 Å². The van der Waals surface area contributed by atoms with Gasteiger partial charge in [0.25, 0.3) is 0 Å². The van der Waals surface area contributed by atoms with E-state index >= 15 is 0 Å². The van der Waals surface area contributed by atoms with Gasteiger partial charge in [-0.15, -0.1) is 0 Å². The van der Waals surface area contributed by atoms with E-state index in [2.05, 4.69) is 34.3 Å². The Morgan fingerprint density at radius 1 is 1.06 bits per heavy atom. The van der Waals surface area contributed by atoms with Crippen LogP contribution in [-0.2, 0) is 6.42 Å². The van der Waals surface area contributed by atoms with Crippen molar-refractivity contribution in [1.82, 2.24) is 9.97 Å². The van der Waals surface area contributed by atoms with E-state index in [1.165, 1.54) is 5.56 Å². The molecule has 0 saturated heterocycles. The predicted molar refractivity (Wildman–Crippen MR) is 75.6 cm³/mol. The third-order valence-electron chi connectivity index (χ3n) is 2.89. The first kappa shape index (κ1) is 12.8. The summed E-state index contributed by atoms with van der Waals surface area (Å²) >= 11 is 6.07. The summed E-state index contributed by atoms with van der Waals surface area (Å²) in [6, 6.07) is 8.22. The molecule has 0 amide bonds. The number of aromatic nitrogens is 2. The van der Waals surface area contributed by atoms with E-state index in [4.69, 9.17) is 11.6 Å². The van der Waals surface area contributed by atoms with Crippen molar-refractivity contribution in [3.63, 3.8) is 0 Å². The second kappa shape index (κ2) is 5.36. The molecule has 0 unspecified atom stereocenters. The van der Waals surface area contributed by atoms with Gasteiger partial charge in [-0.2, -0.15) is 0 Å². The van der Waals surface area contributed by atoms with Crippen LogP contribution in [-0.4, -0.2) is 9.97 Å². The molecule has 0 aliphatic rings. The monoisotopic (exact) mass is 261 g/mol. The Bertz CT molecular complexity index is 550. The Balaban J connectivity index is 2.25. The number of halogens is 1. The van der Waals surface area contributed by atoms with Gasteiger partial charge in [0.1, 0.15) is 0 Å². The molecule has 0 bridgehead atoms. The van der Waals surface area contributed by atoms with Crippen LogP contribution >= 0.6 is 11.6 Å². The highest BCUT2D eigenvalue weighted by Gasteiger charge is 2.07. The quantitative estimate of drug-likeness (QED) is 0.906. The molecule has 1 aromatic carbocycles. The van der Waals surface area contributed by atoms with Gasteiger partial charge in [-0.1, -0.05) is 30.7 Å². The molecule has 1 N–H and O–H groups in total. The highest BCUT2D eigenvalue weighted by Crippen LogP contribution is 2.23. The summed E-state index contributed by atoms with van der Waals surface area (Å²) in [6.07, 6.45) is 1.03. The highest BCUT2D eigenvalue weighted by atomic mass is 35.5. The summed E-state index contributed by atoms with van der Waals surface area (Å²) in [5, 5.41) is 3.59. The van der Waals surface area contributed by atoms with Gasteiger partial charge in [-0.05, 0) is 38.0 Å². The minimum absolute atomic E-state index is 0.401. The Morgan fingerprint density at radius 2 is 1.67 bits per heavy atom. The zero-order valence-electron chi connectivity index (χ0n) is 10.8. The molecule has 4 heteroatoms. The lowest BCUT2D eigenvalue weighted by Crippen LogP contribution is -2.00. The van der Waals surface area contributed by atoms with Crippen LogP contribution in [0.3, 0.4) is 0 Å². The van der Waals surface area contributed by atoms with Crippen molar-refractivity contribution in [3.8, 4) is 0 Å². The topological polar surface area (TPSA) is 37.8 Å². The normalized spacial score (nSPS) is 10.4. The maximum atomic E-state index is 6.07. The van der Waals surface area contributed by atoms with E-state index in [9.17, 15) is 0 Å². The highest BCUT2D eigenvalue weighted by molar-refractivity contribution is 6.31. The van der Waals surface area contributed by atoms with Crippen LogP contribution in [0.15, 0.2) is 24.3 Å². The fraction of sp³-hybridized carbons (Fsp3) is 0.286. The Labute approximate surface area is 112 Å². The molecule has 94 valence electrons. The first-order valence-corrected chi connectivity index (χ1v) is 6.34. The van der Waals surface area contributed by atoms with Crippen LogP contribution in [0.1, 0.15) is 23.9 Å². The molecule has 0 aliphatic carbocycles. The zero-order valence-corrected chi connectivity index (χ0v) is 11.5. The number of hydrogen-bond donors (Lipinski definition) is 1. The first-order chi connectivity index (χ1) is 8.60. The molecule has 18 heavy (non-hydrogen) atoms. The molecule has 0 spiro atoms. The summed E-state index contributed by atoms with van der Waals surface area (Å²) in [4.78, 5) is 8.65. The molecule has 0 fully saturated rings. The fourth-order valence-electron chi connectivity index (χ4n) is 1.62. The van der Waals surface area contributed by atoms with Crippen molar-refractivity contribution >= 4 is 23.1 Å². The van der Waals surface area contributed by atoms with Gasteiger partial charge in [0, 0.05) is 5.69 Å². The molecule has 2 rings (SSSR count). The Hall–Kier alpha value is -1.61. The number of anilines is 2. The van der Waals surface area contributed by atoms with Gasteiger partial charge in [-0.25, -0.2) is 9.97 Å². The average Bonchev–Trinajstić information content (AvgIpc) is 2.37. The number of rotatable bonds is 3. The molecule has 1 heterocycles. The minimum atomic E-state index is 0.401. The number of nitrogens with zero attached hydrogens (tertiary/aromatic N) is 2. The van der Waals surface area contributed by atoms with Crippen molar-refractivity contribution in [2.75, 3.05) is 5.32 Å². The van der Waals surface area contributed by atoms with Gasteiger partial charge < -0.3 is 5.32 Å². The van der Waals surface area contributed by atoms with Crippen LogP contribution in [0, 0.1) is 13.8 Å². The Kier molecular flexibility index (Phi) is 3.82. The number of hydrogen-bond acceptors (Lipinski definition) is 3. The van der Waals surface area contributed by atoms with Crippen molar-refractivity contribution in [2.45, 2.75) is 27.2 Å². The number of nitrogens with one attached hydrogen (secondary N) is 1. The maximum absolute atomic E-state index is 6.07. The van der Waals surface area contributed by atoms with Crippen molar-refractivity contribution in [1.29, 1.82) is 0 Å². The molecule has 0 radical (unpaired) electrons. The van der Waals surface area contributed by atoms with Crippen LogP contribution in [0.5, 0.6) is 0 Å². The predicted octanol–water partition coefficient (Wildman–Crippen LogP) is 4.05. The summed E-state index contributed by atoms with van der Waals surface area (Å²) in [6.45, 7) is 5.95. The van der Waals surface area contributed by atoms with Gasteiger partial charge in [0.05, 0.1) is 11.4 Å². The molecule has 3 nitrogen and oxygen atoms in total. The first-order valence-electron chi connectivity index (χ1n) is 5.97. The van der Waals surface area contributed by atoms with Crippen molar-refractivity contribution in [3.05, 3.63) is 46.4 Å². The average molecular weight is 262 g/mol. The summed E-state index contributed by atoms with van der Waals surface area (Å²) < 4.78 is 0. The van der Waals surface area contributed by atoms with Gasteiger partial charge in [0.15, 0.2) is 11.0 Å². The molecular weight excluding hydrogens is 246 g/mol. The maximum Gasteiger partial charge on any atom is 0.172 e. The smallest absolute Gasteiger partial charge is 0.172 e. The summed E-state index contributed by atoms with van der Waals surface area (Å²) in [5.41, 5.74) is 4.00. The molecule has 1 aromatic heterocycles. The second-order valence-corrected chi connectivity index (χ2v) is 4.57. The van der Waals surface area contributed by atoms with Crippen LogP contribution in [0.2, 0.25) is 5.15 Å². The minimum Gasteiger partial charge on any atom is -0.338 e. The summed E-state index contributed by atoms with van der Waals surface area (Å²) in [5.74, 6) is 0.601. The molecule has 0 saturated carbocycles. The number of aryl methyl sites for hydroxylation is 3. The fourth-order valence-corrected chi connectivity index (χ4v) is 1.83. The lowest BCUT2D eigenvalue weighted by Gasteiger charge is -2.09. The third kappa shape index (κ3) is 2.79. The van der Waals surface area contributed by atoms with Crippen LogP contribution in [0.4, 0.5) is 11.5 Å². The van der Waals surface area contributed by atoms with Crippen molar-refractivity contribution < 1.29 is 0 Å². The largest absolute Gasteiger partial charge is 0.338 e. The van der Waals surface area contributed by atoms with E-state index in [1.807, 2.05) is 26.0 Å². The third-order valence-corrected chi connectivity index (χ3v) is 3.15. The van der Waals surface area contributed by atoms with Crippen LogP contribution < -0.4 is 5.32 Å². The van der Waals surface area contributed by atoms with E-state index < -0.39 is 0 Å². The van der Waals surface area contributed by atoms with E-state index in [0.29, 0.717) is 11.0 Å². The lowest BCUT2D eigenvalue weighted by molar-refractivity contribution is 1.05. The molecular formula is C14H16ClN3. The van der Waals surface area contributed by atoms with Crippen LogP contribution in [0.25, 0.3) is 0 Å². The van der Waals surface area contributed by atoms with Gasteiger partial charge in [-0.3, -0.25) is 0 Å². The standard InChI is InChI=1S/C14H16ClN3/c1-4-11-5-7-12(8-6-11)18-14-13(15)16-9(2)10(3)17-14/h5-8H,4H2,1-3H3,(H,17,18). The zero-order chi connectivity index (χ0) is 13.1.